The molecular formula is C18H27NO. The first-order valence-corrected chi connectivity index (χ1v) is 8.29. The smallest absolute Gasteiger partial charge is 0.0576 e. The standard InChI is InChI=1S/C18H27NO/c1-2-5-15(6-3-1)13-16(14-19-17-9-10-17)8-11-18-7-4-12-20-18/h1-3,5-6,16-19H,4,7-14H2. The quantitative estimate of drug-likeness (QED) is 0.782. The van der Waals surface area contributed by atoms with Crippen LogP contribution in [-0.2, 0) is 11.2 Å². The molecule has 110 valence electrons. The van der Waals surface area contributed by atoms with Gasteiger partial charge >= 0.3 is 0 Å². The Hall–Kier alpha value is -0.860. The monoisotopic (exact) mass is 273 g/mol. The van der Waals surface area contributed by atoms with E-state index >= 15 is 0 Å². The summed E-state index contributed by atoms with van der Waals surface area (Å²) >= 11 is 0. The van der Waals surface area contributed by atoms with Gasteiger partial charge in [-0.3, -0.25) is 0 Å². The molecule has 2 nitrogen and oxygen atoms in total. The highest BCUT2D eigenvalue weighted by Crippen LogP contribution is 2.23. The number of nitrogens with one attached hydrogen (secondary N) is 1. The number of hydrogen-bond donors (Lipinski definition) is 1. The maximum absolute atomic E-state index is 5.77. The molecule has 1 aromatic carbocycles. The fourth-order valence-electron chi connectivity index (χ4n) is 3.14. The largest absolute Gasteiger partial charge is 0.378 e. The Morgan fingerprint density at radius 2 is 2.00 bits per heavy atom. The number of hydrogen-bond acceptors (Lipinski definition) is 2. The molecule has 1 aromatic rings. The van der Waals surface area contributed by atoms with E-state index in [2.05, 4.69) is 35.6 Å². The first-order valence-electron chi connectivity index (χ1n) is 8.29. The molecule has 2 atom stereocenters. The molecule has 0 spiro atoms. The van der Waals surface area contributed by atoms with Crippen molar-refractivity contribution in [3.63, 3.8) is 0 Å². The second kappa shape index (κ2) is 7.24. The van der Waals surface area contributed by atoms with Gasteiger partial charge in [0.2, 0.25) is 0 Å². The fraction of sp³-hybridized carbons (Fsp3) is 0.667. The Morgan fingerprint density at radius 1 is 1.15 bits per heavy atom. The van der Waals surface area contributed by atoms with Gasteiger partial charge in [-0.1, -0.05) is 30.3 Å². The van der Waals surface area contributed by atoms with Gasteiger partial charge in [0.05, 0.1) is 6.10 Å². The molecule has 3 rings (SSSR count). The van der Waals surface area contributed by atoms with Crippen molar-refractivity contribution < 1.29 is 4.74 Å². The van der Waals surface area contributed by atoms with Crippen molar-refractivity contribution in [1.82, 2.24) is 5.32 Å². The van der Waals surface area contributed by atoms with Crippen LogP contribution in [0.4, 0.5) is 0 Å². The molecule has 20 heavy (non-hydrogen) atoms. The molecule has 0 radical (unpaired) electrons. The first kappa shape index (κ1) is 14.1. The second-order valence-electron chi connectivity index (χ2n) is 6.45. The van der Waals surface area contributed by atoms with Gasteiger partial charge in [-0.25, -0.2) is 0 Å². The Labute approximate surface area is 122 Å². The van der Waals surface area contributed by atoms with Gasteiger partial charge < -0.3 is 10.1 Å². The fourth-order valence-corrected chi connectivity index (χ4v) is 3.14. The van der Waals surface area contributed by atoms with Crippen LogP contribution in [0.3, 0.4) is 0 Å². The van der Waals surface area contributed by atoms with Gasteiger partial charge in [-0.2, -0.15) is 0 Å². The van der Waals surface area contributed by atoms with Gasteiger partial charge in [-0.05, 0) is 63.0 Å². The summed E-state index contributed by atoms with van der Waals surface area (Å²) in [5.74, 6) is 0.752. The van der Waals surface area contributed by atoms with E-state index in [1.54, 1.807) is 0 Å². The van der Waals surface area contributed by atoms with Crippen LogP contribution in [0.2, 0.25) is 0 Å². The van der Waals surface area contributed by atoms with Crippen LogP contribution in [0.1, 0.15) is 44.1 Å². The Balaban J connectivity index is 1.48. The zero-order valence-corrected chi connectivity index (χ0v) is 12.4. The van der Waals surface area contributed by atoms with Crippen molar-refractivity contribution in [3.8, 4) is 0 Å². The predicted molar refractivity (Wildman–Crippen MR) is 82.9 cm³/mol. The maximum Gasteiger partial charge on any atom is 0.0576 e. The summed E-state index contributed by atoms with van der Waals surface area (Å²) in [7, 11) is 0. The third-order valence-electron chi connectivity index (χ3n) is 4.56. The van der Waals surface area contributed by atoms with Crippen LogP contribution in [0.25, 0.3) is 0 Å². The van der Waals surface area contributed by atoms with E-state index < -0.39 is 0 Å². The summed E-state index contributed by atoms with van der Waals surface area (Å²) in [5, 5.41) is 3.71. The number of ether oxygens (including phenoxy) is 1. The van der Waals surface area contributed by atoms with Crippen LogP contribution in [0, 0.1) is 5.92 Å². The lowest BCUT2D eigenvalue weighted by molar-refractivity contribution is 0.0979. The van der Waals surface area contributed by atoms with Gasteiger partial charge in [0.15, 0.2) is 0 Å². The van der Waals surface area contributed by atoms with Gasteiger partial charge in [0, 0.05) is 12.6 Å². The molecule has 2 heteroatoms. The molecule has 0 bridgehead atoms. The Kier molecular flexibility index (Phi) is 5.10. The van der Waals surface area contributed by atoms with Crippen LogP contribution in [-0.4, -0.2) is 25.3 Å². The molecule has 1 aliphatic heterocycles. The van der Waals surface area contributed by atoms with Gasteiger partial charge in [-0.15, -0.1) is 0 Å². The zero-order chi connectivity index (χ0) is 13.6. The van der Waals surface area contributed by atoms with Crippen molar-refractivity contribution >= 4 is 0 Å². The molecule has 1 N–H and O–H groups in total. The molecular weight excluding hydrogens is 246 g/mol. The number of rotatable bonds is 8. The summed E-state index contributed by atoms with van der Waals surface area (Å²) in [6, 6.07) is 11.7. The predicted octanol–water partition coefficient (Wildman–Crippen LogP) is 3.56. The van der Waals surface area contributed by atoms with Crippen molar-refractivity contribution in [2.45, 2.75) is 57.1 Å². The molecule has 2 unspecified atom stereocenters. The highest BCUT2D eigenvalue weighted by atomic mass is 16.5. The van der Waals surface area contributed by atoms with Crippen LogP contribution >= 0.6 is 0 Å². The summed E-state index contributed by atoms with van der Waals surface area (Å²) in [5.41, 5.74) is 1.47. The molecule has 2 aliphatic rings. The number of benzene rings is 1. The van der Waals surface area contributed by atoms with Crippen molar-refractivity contribution in [2.75, 3.05) is 13.2 Å². The van der Waals surface area contributed by atoms with Gasteiger partial charge in [0.25, 0.3) is 0 Å². The third kappa shape index (κ3) is 4.60. The topological polar surface area (TPSA) is 21.3 Å². The molecule has 1 saturated carbocycles. The minimum Gasteiger partial charge on any atom is -0.378 e. The minimum absolute atomic E-state index is 0.536. The summed E-state index contributed by atoms with van der Waals surface area (Å²) < 4.78 is 5.77. The lowest BCUT2D eigenvalue weighted by Crippen LogP contribution is -2.27. The van der Waals surface area contributed by atoms with E-state index in [0.29, 0.717) is 6.10 Å². The average molecular weight is 273 g/mol. The molecule has 1 saturated heterocycles. The van der Waals surface area contributed by atoms with Crippen LogP contribution < -0.4 is 5.32 Å². The van der Waals surface area contributed by atoms with E-state index in [-0.39, 0.29) is 0 Å². The van der Waals surface area contributed by atoms with Crippen LogP contribution in [0.5, 0.6) is 0 Å². The van der Waals surface area contributed by atoms with E-state index in [4.69, 9.17) is 4.74 Å². The Bertz CT molecular complexity index is 382. The third-order valence-corrected chi connectivity index (χ3v) is 4.56. The van der Waals surface area contributed by atoms with Crippen molar-refractivity contribution in [3.05, 3.63) is 35.9 Å². The normalized spacial score (nSPS) is 23.9. The average Bonchev–Trinajstić information content (AvgIpc) is 3.17. The van der Waals surface area contributed by atoms with Crippen molar-refractivity contribution in [1.29, 1.82) is 0 Å². The SMILES string of the molecule is c1ccc(CC(CCC2CCCO2)CNC2CC2)cc1. The lowest BCUT2D eigenvalue weighted by Gasteiger charge is -2.19. The molecule has 0 aromatic heterocycles. The molecule has 2 fully saturated rings. The zero-order valence-electron chi connectivity index (χ0n) is 12.4. The lowest BCUT2D eigenvalue weighted by atomic mass is 9.93. The highest BCUT2D eigenvalue weighted by molar-refractivity contribution is 5.15. The summed E-state index contributed by atoms with van der Waals surface area (Å²) in [4.78, 5) is 0. The van der Waals surface area contributed by atoms with Crippen LogP contribution in [0.15, 0.2) is 30.3 Å². The van der Waals surface area contributed by atoms with Crippen molar-refractivity contribution in [2.24, 2.45) is 5.92 Å². The summed E-state index contributed by atoms with van der Waals surface area (Å²) in [6.45, 7) is 2.15. The van der Waals surface area contributed by atoms with E-state index in [1.165, 1.54) is 57.1 Å². The highest BCUT2D eigenvalue weighted by Gasteiger charge is 2.23. The molecule has 1 aliphatic carbocycles. The first-order chi connectivity index (χ1) is 9.90. The second-order valence-corrected chi connectivity index (χ2v) is 6.45. The van der Waals surface area contributed by atoms with E-state index in [0.717, 1.165) is 18.6 Å². The minimum atomic E-state index is 0.536. The molecule has 1 heterocycles. The molecule has 0 amide bonds. The van der Waals surface area contributed by atoms with E-state index in [9.17, 15) is 0 Å². The van der Waals surface area contributed by atoms with Gasteiger partial charge in [0.1, 0.15) is 0 Å². The maximum atomic E-state index is 5.77. The summed E-state index contributed by atoms with van der Waals surface area (Å²) in [6.07, 6.45) is 9.56. The Morgan fingerprint density at radius 3 is 2.70 bits per heavy atom. The van der Waals surface area contributed by atoms with E-state index in [1.807, 2.05) is 0 Å².